The van der Waals surface area contributed by atoms with Gasteiger partial charge in [-0.25, -0.2) is 4.39 Å². The van der Waals surface area contributed by atoms with E-state index in [4.69, 9.17) is 0 Å². The van der Waals surface area contributed by atoms with E-state index in [1.807, 2.05) is 54.2 Å². The average molecular weight is 465 g/mol. The number of aliphatic hydroxyl groups excluding tert-OH is 1. The Morgan fingerprint density at radius 3 is 2.67 bits per heavy atom. The van der Waals surface area contributed by atoms with E-state index in [0.29, 0.717) is 12.0 Å². The van der Waals surface area contributed by atoms with E-state index < -0.39 is 23.9 Å². The van der Waals surface area contributed by atoms with E-state index >= 15 is 0 Å². The second-order valence-electron chi connectivity index (χ2n) is 8.34. The normalized spacial score (nSPS) is 17.1. The molecular formula is C27H29FN2O2S. The van der Waals surface area contributed by atoms with E-state index in [0.717, 1.165) is 47.5 Å². The fourth-order valence-electron chi connectivity index (χ4n) is 4.26. The summed E-state index contributed by atoms with van der Waals surface area (Å²) in [6.45, 7) is 1.67. The van der Waals surface area contributed by atoms with Crippen LogP contribution in [0.25, 0.3) is 11.1 Å². The second-order valence-corrected chi connectivity index (χ2v) is 9.33. The molecule has 1 aliphatic carbocycles. The zero-order valence-corrected chi connectivity index (χ0v) is 19.5. The first-order valence-electron chi connectivity index (χ1n) is 11.2. The molecule has 0 aromatic heterocycles. The van der Waals surface area contributed by atoms with Crippen molar-refractivity contribution in [3.63, 3.8) is 0 Å². The Labute approximate surface area is 198 Å². The molecule has 0 bridgehead atoms. The monoisotopic (exact) mass is 464 g/mol. The Hall–Kier alpha value is -2.67. The van der Waals surface area contributed by atoms with Gasteiger partial charge in [-0.05, 0) is 64.9 Å². The predicted molar refractivity (Wildman–Crippen MR) is 133 cm³/mol. The number of hydrogen-bond acceptors (Lipinski definition) is 4. The summed E-state index contributed by atoms with van der Waals surface area (Å²) in [5.74, 6) is 0.0229. The van der Waals surface area contributed by atoms with Gasteiger partial charge in [0.05, 0.1) is 17.7 Å². The maximum atomic E-state index is 14.8. The summed E-state index contributed by atoms with van der Waals surface area (Å²) in [4.78, 5) is 12.9. The largest absolute Gasteiger partial charge is 0.390 e. The highest BCUT2D eigenvalue weighted by Crippen LogP contribution is 2.33. The number of halogens is 1. The van der Waals surface area contributed by atoms with E-state index in [1.54, 1.807) is 6.07 Å². The molecule has 4 nitrogen and oxygen atoms in total. The molecule has 1 aliphatic rings. The molecule has 172 valence electrons. The fourth-order valence-corrected chi connectivity index (χ4v) is 4.69. The van der Waals surface area contributed by atoms with E-state index in [1.165, 1.54) is 12.1 Å². The molecule has 4 rings (SSSR count). The molecular weight excluding hydrogens is 435 g/mol. The van der Waals surface area contributed by atoms with Crippen LogP contribution in [0, 0.1) is 5.82 Å². The molecule has 0 unspecified atom stereocenters. The molecule has 3 aromatic rings. The van der Waals surface area contributed by atoms with Crippen LogP contribution < -0.4 is 10.6 Å². The van der Waals surface area contributed by atoms with Crippen LogP contribution in [-0.2, 0) is 13.0 Å². The van der Waals surface area contributed by atoms with Gasteiger partial charge in [0.2, 0.25) is 0 Å². The van der Waals surface area contributed by atoms with Gasteiger partial charge >= 0.3 is 0 Å². The van der Waals surface area contributed by atoms with Gasteiger partial charge in [0, 0.05) is 13.0 Å². The minimum Gasteiger partial charge on any atom is -0.390 e. The molecule has 0 fully saturated rings. The maximum Gasteiger partial charge on any atom is 0.254 e. The molecule has 33 heavy (non-hydrogen) atoms. The lowest BCUT2D eigenvalue weighted by molar-refractivity contribution is 0.0854. The van der Waals surface area contributed by atoms with Crippen molar-refractivity contribution in [1.29, 1.82) is 0 Å². The Balaban J connectivity index is 1.46. The van der Waals surface area contributed by atoms with Gasteiger partial charge in [-0.2, -0.15) is 11.8 Å². The number of hydrogen-bond donors (Lipinski definition) is 3. The third kappa shape index (κ3) is 5.64. The summed E-state index contributed by atoms with van der Waals surface area (Å²) in [6.07, 6.45) is 2.94. The number of nitrogens with one attached hydrogen (secondary N) is 2. The number of carbonyl (C=O) groups is 1. The summed E-state index contributed by atoms with van der Waals surface area (Å²) >= 11 is 1.83. The third-order valence-corrected chi connectivity index (χ3v) is 6.69. The van der Waals surface area contributed by atoms with Crippen LogP contribution >= 0.6 is 11.8 Å². The second kappa shape index (κ2) is 11.0. The van der Waals surface area contributed by atoms with Crippen molar-refractivity contribution < 1.29 is 14.3 Å². The Morgan fingerprint density at radius 2 is 1.91 bits per heavy atom. The van der Waals surface area contributed by atoms with Crippen LogP contribution in [0.4, 0.5) is 4.39 Å². The van der Waals surface area contributed by atoms with Crippen molar-refractivity contribution in [2.24, 2.45) is 0 Å². The highest BCUT2D eigenvalue weighted by atomic mass is 32.2. The molecule has 2 atom stereocenters. The molecule has 0 saturated heterocycles. The zero-order valence-electron chi connectivity index (χ0n) is 18.7. The van der Waals surface area contributed by atoms with Gasteiger partial charge in [0.25, 0.3) is 5.91 Å². The number of aliphatic hydroxyl groups is 1. The van der Waals surface area contributed by atoms with Crippen molar-refractivity contribution >= 4 is 17.7 Å². The fraction of sp³-hybridized carbons (Fsp3) is 0.296. The lowest BCUT2D eigenvalue weighted by Gasteiger charge is -2.19. The van der Waals surface area contributed by atoms with Gasteiger partial charge in [-0.3, -0.25) is 4.79 Å². The number of rotatable bonds is 9. The van der Waals surface area contributed by atoms with Gasteiger partial charge in [-0.15, -0.1) is 0 Å². The quantitative estimate of drug-likeness (QED) is 0.401. The predicted octanol–water partition coefficient (Wildman–Crippen LogP) is 4.72. The highest BCUT2D eigenvalue weighted by Gasteiger charge is 2.33. The van der Waals surface area contributed by atoms with Gasteiger partial charge in [-0.1, -0.05) is 54.6 Å². The van der Waals surface area contributed by atoms with Crippen LogP contribution in [0.2, 0.25) is 0 Å². The molecule has 0 saturated carbocycles. The first-order chi connectivity index (χ1) is 16.1. The van der Waals surface area contributed by atoms with Crippen molar-refractivity contribution in [2.75, 3.05) is 18.6 Å². The summed E-state index contributed by atoms with van der Waals surface area (Å²) in [6, 6.07) is 19.6. The van der Waals surface area contributed by atoms with Crippen molar-refractivity contribution in [2.45, 2.75) is 31.5 Å². The summed E-state index contributed by atoms with van der Waals surface area (Å²) in [5, 5.41) is 16.9. The minimum atomic E-state index is -0.736. The number of amides is 1. The van der Waals surface area contributed by atoms with Crippen LogP contribution in [-0.4, -0.2) is 35.7 Å². The number of benzene rings is 3. The molecule has 3 N–H and O–H groups in total. The zero-order chi connectivity index (χ0) is 23.2. The van der Waals surface area contributed by atoms with Gasteiger partial charge in [0.1, 0.15) is 5.82 Å². The molecule has 0 heterocycles. The summed E-state index contributed by atoms with van der Waals surface area (Å²) in [5.41, 5.74) is 4.59. The molecule has 0 spiro atoms. The minimum absolute atomic E-state index is 0.0260. The Kier molecular flexibility index (Phi) is 7.81. The Morgan fingerprint density at radius 1 is 1.09 bits per heavy atom. The van der Waals surface area contributed by atoms with Crippen LogP contribution in [0.3, 0.4) is 0 Å². The van der Waals surface area contributed by atoms with E-state index in [-0.39, 0.29) is 5.56 Å². The maximum absolute atomic E-state index is 14.8. The summed E-state index contributed by atoms with van der Waals surface area (Å²) < 4.78 is 14.8. The average Bonchev–Trinajstić information content (AvgIpc) is 3.13. The van der Waals surface area contributed by atoms with Crippen molar-refractivity contribution in [3.8, 4) is 11.1 Å². The first-order valence-corrected chi connectivity index (χ1v) is 12.6. The van der Waals surface area contributed by atoms with Crippen LogP contribution in [0.5, 0.6) is 0 Å². The van der Waals surface area contributed by atoms with E-state index in [2.05, 4.69) is 23.0 Å². The standard InChI is InChI=1S/C27H29FN2O2S/c1-33-13-5-12-29-17-18-8-9-21-16-25(31)26(23(21)14-18)30-27(32)22-11-10-20(15-24(22)28)19-6-3-2-4-7-19/h2-4,6-11,14-15,25-26,29,31H,5,12-13,16-17H2,1H3,(H,30,32)/t25-,26-/m1/s1. The number of carbonyl (C=O) groups excluding carboxylic acids is 1. The molecule has 3 aromatic carbocycles. The lowest BCUT2D eigenvalue weighted by Crippen LogP contribution is -2.34. The van der Waals surface area contributed by atoms with Gasteiger partial charge < -0.3 is 15.7 Å². The number of thioether (sulfide) groups is 1. The number of fused-ring (bicyclic) bond motifs is 1. The summed E-state index contributed by atoms with van der Waals surface area (Å²) in [7, 11) is 0. The van der Waals surface area contributed by atoms with Crippen molar-refractivity contribution in [1.82, 2.24) is 10.6 Å². The third-order valence-electron chi connectivity index (χ3n) is 6.00. The van der Waals surface area contributed by atoms with Crippen LogP contribution in [0.1, 0.15) is 39.5 Å². The molecule has 0 aliphatic heterocycles. The SMILES string of the molecule is CSCCCNCc1ccc2c(c1)[C@@H](NC(=O)c1ccc(-c3ccccc3)cc1F)[C@H](O)C2. The molecule has 1 amide bonds. The van der Waals surface area contributed by atoms with Crippen LogP contribution in [0.15, 0.2) is 66.7 Å². The molecule has 6 heteroatoms. The van der Waals surface area contributed by atoms with Gasteiger partial charge in [0.15, 0.2) is 0 Å². The lowest BCUT2D eigenvalue weighted by atomic mass is 10.0. The smallest absolute Gasteiger partial charge is 0.254 e. The van der Waals surface area contributed by atoms with E-state index in [9.17, 15) is 14.3 Å². The Bertz CT molecular complexity index is 1110. The van der Waals surface area contributed by atoms with Crippen molar-refractivity contribution in [3.05, 3.63) is 94.8 Å². The topological polar surface area (TPSA) is 61.4 Å². The molecule has 0 radical (unpaired) electrons. The highest BCUT2D eigenvalue weighted by molar-refractivity contribution is 7.98. The first kappa shape index (κ1) is 23.5.